The molecule has 0 saturated heterocycles. The minimum absolute atomic E-state index is 0.0391. The normalized spacial score (nSPS) is 10.4. The van der Waals surface area contributed by atoms with Crippen molar-refractivity contribution in [2.24, 2.45) is 5.73 Å². The number of hydrogen-bond acceptors (Lipinski definition) is 3. The molecule has 0 atom stereocenters. The van der Waals surface area contributed by atoms with Crippen LogP contribution in [0.1, 0.15) is 5.69 Å². The van der Waals surface area contributed by atoms with Gasteiger partial charge in [0.1, 0.15) is 0 Å². The maximum atomic E-state index is 13.5. The van der Waals surface area contributed by atoms with Crippen LogP contribution in [0.15, 0.2) is 30.3 Å². The topological polar surface area (TPSA) is 48.1 Å². The monoisotopic (exact) mass is 286 g/mol. The van der Waals surface area contributed by atoms with E-state index in [2.05, 4.69) is 4.98 Å². The number of nitrogens with zero attached hydrogens (tertiary/aromatic N) is 1. The molecule has 0 saturated carbocycles. The number of hydrogen-bond donors (Lipinski definition) is 1. The van der Waals surface area contributed by atoms with E-state index >= 15 is 0 Å². The van der Waals surface area contributed by atoms with E-state index in [0.29, 0.717) is 15.7 Å². The minimum Gasteiger partial charge on any atom is -0.436 e. The van der Waals surface area contributed by atoms with Gasteiger partial charge in [-0.25, -0.2) is 9.37 Å². The van der Waals surface area contributed by atoms with Gasteiger partial charge in [-0.15, -0.1) is 0 Å². The van der Waals surface area contributed by atoms with Crippen LogP contribution in [0, 0.1) is 5.82 Å². The highest BCUT2D eigenvalue weighted by atomic mass is 35.5. The molecule has 0 aliphatic carbocycles. The molecule has 2 aromatic rings. The van der Waals surface area contributed by atoms with Crippen molar-refractivity contribution >= 4 is 23.2 Å². The van der Waals surface area contributed by atoms with Crippen molar-refractivity contribution in [1.82, 2.24) is 4.98 Å². The van der Waals surface area contributed by atoms with Crippen LogP contribution in [0.3, 0.4) is 0 Å². The van der Waals surface area contributed by atoms with Crippen molar-refractivity contribution in [2.45, 2.75) is 6.54 Å². The van der Waals surface area contributed by atoms with Crippen molar-refractivity contribution in [3.05, 3.63) is 51.9 Å². The molecule has 0 spiro atoms. The van der Waals surface area contributed by atoms with Crippen molar-refractivity contribution < 1.29 is 9.13 Å². The third kappa shape index (κ3) is 2.90. The number of halogens is 3. The predicted octanol–water partition coefficient (Wildman–Crippen LogP) is 3.78. The Bertz CT molecular complexity index is 578. The zero-order chi connectivity index (χ0) is 13.1. The first-order valence-electron chi connectivity index (χ1n) is 5.08. The van der Waals surface area contributed by atoms with E-state index < -0.39 is 5.82 Å². The van der Waals surface area contributed by atoms with Gasteiger partial charge in [0.15, 0.2) is 11.6 Å². The van der Waals surface area contributed by atoms with Crippen LogP contribution in [0.25, 0.3) is 0 Å². The Labute approximate surface area is 113 Å². The van der Waals surface area contributed by atoms with Gasteiger partial charge in [-0.05, 0) is 24.3 Å². The second-order valence-electron chi connectivity index (χ2n) is 3.46. The number of rotatable bonds is 3. The summed E-state index contributed by atoms with van der Waals surface area (Å²) in [5.74, 6) is -0.299. The Kier molecular flexibility index (Phi) is 4.01. The fraction of sp³-hybridized carbons (Fsp3) is 0.0833. The fourth-order valence-electron chi connectivity index (χ4n) is 1.33. The van der Waals surface area contributed by atoms with Crippen molar-refractivity contribution in [1.29, 1.82) is 0 Å². The van der Waals surface area contributed by atoms with E-state index in [-0.39, 0.29) is 18.2 Å². The van der Waals surface area contributed by atoms with Crippen LogP contribution >= 0.6 is 23.2 Å². The summed E-state index contributed by atoms with van der Waals surface area (Å²) in [7, 11) is 0. The summed E-state index contributed by atoms with van der Waals surface area (Å²) in [5, 5.41) is 0.744. The molecule has 3 nitrogen and oxygen atoms in total. The highest BCUT2D eigenvalue weighted by Gasteiger charge is 2.08. The zero-order valence-electron chi connectivity index (χ0n) is 9.16. The lowest BCUT2D eigenvalue weighted by Gasteiger charge is -2.08. The number of ether oxygens (including phenoxy) is 1. The Morgan fingerprint density at radius 1 is 1.22 bits per heavy atom. The average Bonchev–Trinajstić information content (AvgIpc) is 2.35. The first kappa shape index (κ1) is 13.1. The van der Waals surface area contributed by atoms with E-state index in [1.807, 2.05) is 0 Å². The molecule has 0 fully saturated rings. The van der Waals surface area contributed by atoms with Gasteiger partial charge in [0.2, 0.25) is 5.88 Å². The molecule has 0 radical (unpaired) electrons. The minimum atomic E-state index is -0.562. The van der Waals surface area contributed by atoms with Crippen LogP contribution in [-0.4, -0.2) is 4.98 Å². The van der Waals surface area contributed by atoms with Gasteiger partial charge in [0.05, 0.1) is 10.7 Å². The molecule has 0 aliphatic rings. The molecule has 2 N–H and O–H groups in total. The summed E-state index contributed by atoms with van der Waals surface area (Å²) in [6.07, 6.45) is 0. The van der Waals surface area contributed by atoms with E-state index in [1.165, 1.54) is 18.2 Å². The van der Waals surface area contributed by atoms with Gasteiger partial charge in [-0.3, -0.25) is 0 Å². The van der Waals surface area contributed by atoms with Gasteiger partial charge < -0.3 is 10.5 Å². The van der Waals surface area contributed by atoms with E-state index in [0.717, 1.165) is 6.07 Å². The molecule has 0 bridgehead atoms. The summed E-state index contributed by atoms with van der Waals surface area (Å²) in [6.45, 7) is 0.180. The lowest BCUT2D eigenvalue weighted by atomic mass is 10.3. The Hall–Kier alpha value is -1.36. The van der Waals surface area contributed by atoms with E-state index in [1.54, 1.807) is 6.07 Å². The summed E-state index contributed by atoms with van der Waals surface area (Å²) in [5.41, 5.74) is 5.96. The summed E-state index contributed by atoms with van der Waals surface area (Å²) in [4.78, 5) is 4.07. The molecule has 94 valence electrons. The molecule has 1 aromatic carbocycles. The third-order valence-corrected chi connectivity index (χ3v) is 2.77. The molecule has 2 rings (SSSR count). The molecule has 0 amide bonds. The number of aromatic nitrogens is 1. The predicted molar refractivity (Wildman–Crippen MR) is 68.6 cm³/mol. The molecule has 6 heteroatoms. The Balaban J connectivity index is 2.28. The number of benzene rings is 1. The quantitative estimate of drug-likeness (QED) is 0.934. The van der Waals surface area contributed by atoms with Crippen molar-refractivity contribution in [2.75, 3.05) is 0 Å². The summed E-state index contributed by atoms with van der Waals surface area (Å²) in [6, 6.07) is 7.25. The number of nitrogens with two attached hydrogens (primary N) is 1. The third-order valence-electron chi connectivity index (χ3n) is 2.19. The molecule has 18 heavy (non-hydrogen) atoms. The molecular weight excluding hydrogens is 278 g/mol. The lowest BCUT2D eigenvalue weighted by molar-refractivity contribution is 0.426. The van der Waals surface area contributed by atoms with E-state index in [9.17, 15) is 4.39 Å². The van der Waals surface area contributed by atoms with E-state index in [4.69, 9.17) is 33.7 Å². The average molecular weight is 287 g/mol. The van der Waals surface area contributed by atoms with Gasteiger partial charge in [-0.1, -0.05) is 23.2 Å². The smallest absolute Gasteiger partial charge is 0.219 e. The molecule has 0 aliphatic heterocycles. The molecule has 1 aromatic heterocycles. The number of pyridine rings is 1. The van der Waals surface area contributed by atoms with Crippen LogP contribution in [-0.2, 0) is 6.54 Å². The molecule has 0 unspecified atom stereocenters. The second kappa shape index (κ2) is 5.52. The van der Waals surface area contributed by atoms with Crippen molar-refractivity contribution in [3.8, 4) is 11.6 Å². The van der Waals surface area contributed by atoms with Gasteiger partial charge >= 0.3 is 0 Å². The van der Waals surface area contributed by atoms with Crippen LogP contribution in [0.4, 0.5) is 4.39 Å². The SMILES string of the molecule is NCc1nc(Oc2ccc(Cl)cc2F)ccc1Cl. The first-order chi connectivity index (χ1) is 8.60. The van der Waals surface area contributed by atoms with Crippen LogP contribution in [0.5, 0.6) is 11.6 Å². The Morgan fingerprint density at radius 2 is 2.00 bits per heavy atom. The summed E-state index contributed by atoms with van der Waals surface area (Å²) >= 11 is 11.5. The van der Waals surface area contributed by atoms with Gasteiger partial charge in [-0.2, -0.15) is 0 Å². The fourth-order valence-corrected chi connectivity index (χ4v) is 1.68. The largest absolute Gasteiger partial charge is 0.436 e. The van der Waals surface area contributed by atoms with Crippen LogP contribution < -0.4 is 10.5 Å². The van der Waals surface area contributed by atoms with Crippen LogP contribution in [0.2, 0.25) is 10.0 Å². The molecular formula is C12H9Cl2FN2O. The molecule has 1 heterocycles. The van der Waals surface area contributed by atoms with Gasteiger partial charge in [0.25, 0.3) is 0 Å². The highest BCUT2D eigenvalue weighted by Crippen LogP contribution is 2.27. The zero-order valence-corrected chi connectivity index (χ0v) is 10.7. The lowest BCUT2D eigenvalue weighted by Crippen LogP contribution is -2.01. The highest BCUT2D eigenvalue weighted by molar-refractivity contribution is 6.31. The second-order valence-corrected chi connectivity index (χ2v) is 4.30. The standard InChI is InChI=1S/C12H9Cl2FN2O/c13-7-1-3-11(9(15)5-7)18-12-4-2-8(14)10(6-16)17-12/h1-5H,6,16H2. The van der Waals surface area contributed by atoms with Crippen molar-refractivity contribution in [3.63, 3.8) is 0 Å². The summed E-state index contributed by atoms with van der Waals surface area (Å²) < 4.78 is 18.8. The first-order valence-corrected chi connectivity index (χ1v) is 5.84. The maximum absolute atomic E-state index is 13.5. The van der Waals surface area contributed by atoms with Gasteiger partial charge in [0, 0.05) is 17.6 Å². The Morgan fingerprint density at radius 3 is 2.67 bits per heavy atom. The maximum Gasteiger partial charge on any atom is 0.219 e.